The Morgan fingerprint density at radius 1 is 1.10 bits per heavy atom. The molecule has 0 amide bonds. The molecular formula is C16H20N2OSi. The number of nitrogens with zero attached hydrogens (tertiary/aromatic N) is 2. The van der Waals surface area contributed by atoms with Crippen molar-refractivity contribution in [1.82, 2.24) is 4.98 Å². The molecule has 0 aliphatic rings. The highest BCUT2D eigenvalue weighted by atomic mass is 28.4. The van der Waals surface area contributed by atoms with Gasteiger partial charge in [0.2, 0.25) is 8.32 Å². The van der Waals surface area contributed by atoms with Crippen LogP contribution in [0.5, 0.6) is 5.75 Å². The summed E-state index contributed by atoms with van der Waals surface area (Å²) in [5.74, 6) is 0.843. The topological polar surface area (TPSA) is 34.5 Å². The number of rotatable bonds is 4. The fourth-order valence-corrected chi connectivity index (χ4v) is 2.50. The Kier molecular flexibility index (Phi) is 4.34. The van der Waals surface area contributed by atoms with E-state index < -0.39 is 8.32 Å². The van der Waals surface area contributed by atoms with Gasteiger partial charge in [-0.2, -0.15) is 0 Å². The average Bonchev–Trinajstić information content (AvgIpc) is 2.38. The molecule has 0 N–H and O–H groups in total. The smallest absolute Gasteiger partial charge is 0.242 e. The second kappa shape index (κ2) is 6.01. The summed E-state index contributed by atoms with van der Waals surface area (Å²) >= 11 is 0. The predicted molar refractivity (Wildman–Crippen MR) is 86.6 cm³/mol. The third kappa shape index (κ3) is 4.31. The lowest BCUT2D eigenvalue weighted by molar-refractivity contribution is 0.559. The molecule has 0 saturated carbocycles. The molecular weight excluding hydrogens is 264 g/mol. The van der Waals surface area contributed by atoms with E-state index in [2.05, 4.69) is 29.6 Å². The molecule has 4 heteroatoms. The van der Waals surface area contributed by atoms with Crippen LogP contribution in [0.15, 0.2) is 47.6 Å². The third-order valence-electron chi connectivity index (χ3n) is 2.55. The Morgan fingerprint density at radius 3 is 2.50 bits per heavy atom. The van der Waals surface area contributed by atoms with Gasteiger partial charge in [0.15, 0.2) is 0 Å². The van der Waals surface area contributed by atoms with E-state index in [0.717, 1.165) is 22.7 Å². The van der Waals surface area contributed by atoms with E-state index in [1.165, 1.54) is 0 Å². The highest BCUT2D eigenvalue weighted by Gasteiger charge is 2.17. The van der Waals surface area contributed by atoms with Gasteiger partial charge in [-0.15, -0.1) is 0 Å². The van der Waals surface area contributed by atoms with Crippen molar-refractivity contribution in [3.63, 3.8) is 0 Å². The summed E-state index contributed by atoms with van der Waals surface area (Å²) in [6.07, 6.45) is 3.61. The Hall–Kier alpha value is -1.94. The zero-order chi connectivity index (χ0) is 14.6. The SMILES string of the molecule is Cc1ccc(/C=N\c2ccccc2O[Si](C)(C)C)nc1. The number of aromatic nitrogens is 1. The molecule has 2 rings (SSSR count). The maximum absolute atomic E-state index is 6.05. The molecule has 104 valence electrons. The van der Waals surface area contributed by atoms with Crippen molar-refractivity contribution in [3.05, 3.63) is 53.9 Å². The summed E-state index contributed by atoms with van der Waals surface area (Å²) in [6.45, 7) is 8.50. The molecule has 0 bridgehead atoms. The Labute approximate surface area is 121 Å². The molecule has 0 fully saturated rings. The zero-order valence-electron chi connectivity index (χ0n) is 12.4. The third-order valence-corrected chi connectivity index (χ3v) is 3.38. The van der Waals surface area contributed by atoms with Crippen molar-refractivity contribution < 1.29 is 4.43 Å². The van der Waals surface area contributed by atoms with E-state index in [1.54, 1.807) is 6.21 Å². The van der Waals surface area contributed by atoms with E-state index in [0.29, 0.717) is 0 Å². The van der Waals surface area contributed by atoms with Crippen molar-refractivity contribution in [2.45, 2.75) is 26.6 Å². The highest BCUT2D eigenvalue weighted by molar-refractivity contribution is 6.70. The molecule has 0 spiro atoms. The van der Waals surface area contributed by atoms with Crippen LogP contribution in [-0.4, -0.2) is 19.5 Å². The molecule has 0 atom stereocenters. The molecule has 0 saturated heterocycles. The number of para-hydroxylation sites is 2. The number of aliphatic imine (C=N–C) groups is 1. The summed E-state index contributed by atoms with van der Waals surface area (Å²) in [4.78, 5) is 8.82. The lowest BCUT2D eigenvalue weighted by Gasteiger charge is -2.20. The first-order valence-corrected chi connectivity index (χ1v) is 10.1. The van der Waals surface area contributed by atoms with E-state index >= 15 is 0 Å². The van der Waals surface area contributed by atoms with Crippen molar-refractivity contribution in [1.29, 1.82) is 0 Å². The molecule has 20 heavy (non-hydrogen) atoms. The minimum Gasteiger partial charge on any atom is -0.543 e. The minimum absolute atomic E-state index is 0.843. The van der Waals surface area contributed by atoms with Crippen LogP contribution < -0.4 is 4.43 Å². The predicted octanol–water partition coefficient (Wildman–Crippen LogP) is 4.35. The van der Waals surface area contributed by atoms with Gasteiger partial charge >= 0.3 is 0 Å². The van der Waals surface area contributed by atoms with Gasteiger partial charge in [0.25, 0.3) is 0 Å². The van der Waals surface area contributed by atoms with E-state index in [-0.39, 0.29) is 0 Å². The summed E-state index contributed by atoms with van der Waals surface area (Å²) in [5.41, 5.74) is 2.83. The van der Waals surface area contributed by atoms with Crippen LogP contribution in [0.2, 0.25) is 19.6 Å². The van der Waals surface area contributed by atoms with Crippen LogP contribution in [0.1, 0.15) is 11.3 Å². The summed E-state index contributed by atoms with van der Waals surface area (Å²) in [7, 11) is -1.63. The Balaban J connectivity index is 2.22. The summed E-state index contributed by atoms with van der Waals surface area (Å²) < 4.78 is 6.05. The maximum atomic E-state index is 6.05. The average molecular weight is 284 g/mol. The van der Waals surface area contributed by atoms with Crippen molar-refractivity contribution in [2.24, 2.45) is 4.99 Å². The number of hydrogen-bond acceptors (Lipinski definition) is 3. The number of aryl methyl sites for hydroxylation is 1. The van der Waals surface area contributed by atoms with Crippen LogP contribution in [0.3, 0.4) is 0 Å². The van der Waals surface area contributed by atoms with Gasteiger partial charge in [0, 0.05) is 6.20 Å². The van der Waals surface area contributed by atoms with Gasteiger partial charge in [0.05, 0.1) is 11.9 Å². The maximum Gasteiger partial charge on any atom is 0.242 e. The molecule has 2 aromatic rings. The normalized spacial score (nSPS) is 11.8. The second-order valence-electron chi connectivity index (χ2n) is 5.70. The lowest BCUT2D eigenvalue weighted by atomic mass is 10.3. The molecule has 1 aromatic heterocycles. The molecule has 0 aliphatic heterocycles. The van der Waals surface area contributed by atoms with E-state index in [9.17, 15) is 0 Å². The molecule has 0 unspecified atom stereocenters. The fraction of sp³-hybridized carbons (Fsp3) is 0.250. The first kappa shape index (κ1) is 14.5. The van der Waals surface area contributed by atoms with Gasteiger partial charge in [0.1, 0.15) is 11.4 Å². The van der Waals surface area contributed by atoms with Crippen molar-refractivity contribution >= 4 is 20.2 Å². The van der Waals surface area contributed by atoms with Gasteiger partial charge in [-0.05, 0) is 50.3 Å². The largest absolute Gasteiger partial charge is 0.543 e. The quantitative estimate of drug-likeness (QED) is 0.618. The monoisotopic (exact) mass is 284 g/mol. The van der Waals surface area contributed by atoms with Crippen LogP contribution in [-0.2, 0) is 0 Å². The standard InChI is InChI=1S/C16H20N2OSi/c1-13-9-10-14(17-11-13)12-18-15-7-5-6-8-16(15)19-20(2,3)4/h5-12H,1-4H3/b18-12-. The van der Waals surface area contributed by atoms with Crippen LogP contribution >= 0.6 is 0 Å². The number of pyridine rings is 1. The van der Waals surface area contributed by atoms with E-state index in [1.807, 2.05) is 49.5 Å². The van der Waals surface area contributed by atoms with Crippen molar-refractivity contribution in [2.75, 3.05) is 0 Å². The van der Waals surface area contributed by atoms with Gasteiger partial charge in [-0.3, -0.25) is 9.98 Å². The van der Waals surface area contributed by atoms with Crippen LogP contribution in [0.25, 0.3) is 0 Å². The zero-order valence-corrected chi connectivity index (χ0v) is 13.4. The van der Waals surface area contributed by atoms with Gasteiger partial charge in [-0.25, -0.2) is 0 Å². The summed E-state index contributed by atoms with van der Waals surface area (Å²) in [6, 6.07) is 11.8. The Bertz CT molecular complexity index is 601. The minimum atomic E-state index is -1.63. The molecule has 0 radical (unpaired) electrons. The Morgan fingerprint density at radius 2 is 1.85 bits per heavy atom. The van der Waals surface area contributed by atoms with Gasteiger partial charge in [-0.1, -0.05) is 18.2 Å². The van der Waals surface area contributed by atoms with Crippen LogP contribution in [0, 0.1) is 6.92 Å². The molecule has 0 aliphatic carbocycles. The number of hydrogen-bond donors (Lipinski definition) is 0. The van der Waals surface area contributed by atoms with Gasteiger partial charge < -0.3 is 4.43 Å². The molecule has 1 aromatic carbocycles. The molecule has 1 heterocycles. The summed E-state index contributed by atoms with van der Waals surface area (Å²) in [5, 5.41) is 0. The van der Waals surface area contributed by atoms with Crippen LogP contribution in [0.4, 0.5) is 5.69 Å². The second-order valence-corrected chi connectivity index (χ2v) is 10.1. The molecule has 3 nitrogen and oxygen atoms in total. The fourth-order valence-electron chi connectivity index (χ4n) is 1.67. The van der Waals surface area contributed by atoms with E-state index in [4.69, 9.17) is 4.43 Å². The number of benzene rings is 1. The van der Waals surface area contributed by atoms with Crippen molar-refractivity contribution in [3.8, 4) is 5.75 Å². The first-order valence-electron chi connectivity index (χ1n) is 6.69. The highest BCUT2D eigenvalue weighted by Crippen LogP contribution is 2.29. The first-order chi connectivity index (χ1) is 9.44. The lowest BCUT2D eigenvalue weighted by Crippen LogP contribution is -2.29.